The predicted molar refractivity (Wildman–Crippen MR) is 135 cm³/mol. The van der Waals surface area contributed by atoms with E-state index in [-0.39, 0.29) is 29.3 Å². The zero-order chi connectivity index (χ0) is 26.0. The predicted octanol–water partition coefficient (Wildman–Crippen LogP) is 4.24. The minimum absolute atomic E-state index is 0.0300. The third kappa shape index (κ3) is 6.11. The summed E-state index contributed by atoms with van der Waals surface area (Å²) in [6.07, 6.45) is 7.11. The molecule has 1 unspecified atom stereocenters. The number of likely N-dealkylation sites (tertiary alicyclic amines) is 1. The number of rotatable bonds is 8. The summed E-state index contributed by atoms with van der Waals surface area (Å²) < 4.78 is 29.6. The Labute approximate surface area is 211 Å². The molecule has 2 aliphatic rings. The number of imidazole rings is 1. The van der Waals surface area contributed by atoms with Crippen LogP contribution in [-0.2, 0) is 22.4 Å². The van der Waals surface area contributed by atoms with E-state index in [2.05, 4.69) is 36.4 Å². The van der Waals surface area contributed by atoms with E-state index >= 15 is 0 Å². The van der Waals surface area contributed by atoms with E-state index in [4.69, 9.17) is 0 Å². The molecule has 7 nitrogen and oxygen atoms in total. The number of hydrogen-bond donors (Lipinski definition) is 2. The van der Waals surface area contributed by atoms with E-state index in [1.54, 1.807) is 17.1 Å². The monoisotopic (exact) mass is 501 g/mol. The number of nitrogens with zero attached hydrogens (tertiary/aromatic N) is 3. The van der Waals surface area contributed by atoms with Crippen molar-refractivity contribution in [3.63, 3.8) is 0 Å². The second-order valence-electron chi connectivity index (χ2n) is 11.3. The Morgan fingerprint density at radius 3 is 2.75 bits per heavy atom. The van der Waals surface area contributed by atoms with Gasteiger partial charge >= 0.3 is 0 Å². The number of amides is 2. The van der Waals surface area contributed by atoms with Crippen LogP contribution in [0.3, 0.4) is 0 Å². The number of aryl methyl sites for hydroxylation is 1. The van der Waals surface area contributed by atoms with Gasteiger partial charge in [0.15, 0.2) is 5.82 Å². The molecule has 2 heterocycles. The first-order chi connectivity index (χ1) is 17.0. The highest BCUT2D eigenvalue weighted by Crippen LogP contribution is 2.28. The molecule has 2 N–H and O–H groups in total. The zero-order valence-corrected chi connectivity index (χ0v) is 21.6. The lowest BCUT2D eigenvalue weighted by molar-refractivity contribution is -0.131. The molecule has 2 aromatic rings. The molecule has 1 aromatic carbocycles. The number of fused-ring (bicyclic) bond motifs is 1. The Hall–Kier alpha value is -2.81. The smallest absolute Gasteiger partial charge is 0.245 e. The number of aromatic nitrogens is 2. The van der Waals surface area contributed by atoms with E-state index in [0.29, 0.717) is 62.1 Å². The van der Waals surface area contributed by atoms with Crippen molar-refractivity contribution in [2.24, 2.45) is 5.41 Å². The normalized spacial score (nSPS) is 20.9. The SMILES string of the molecule is CCC[C@H](N[C@H]1CCc2cc(F)cc(F)c2C1)C(=O)Nc1cn(C2CCN(CC(C)(C)C)C2=O)cn1. The van der Waals surface area contributed by atoms with Crippen LogP contribution < -0.4 is 10.6 Å². The molecule has 2 amide bonds. The number of carbonyl (C=O) groups is 2. The fraction of sp³-hybridized carbons (Fsp3) is 0.593. The largest absolute Gasteiger partial charge is 0.340 e. The van der Waals surface area contributed by atoms with Crippen LogP contribution in [0.15, 0.2) is 24.7 Å². The van der Waals surface area contributed by atoms with Gasteiger partial charge in [-0.3, -0.25) is 9.59 Å². The first kappa shape index (κ1) is 26.3. The molecule has 4 rings (SSSR count). The second kappa shape index (κ2) is 10.7. The minimum Gasteiger partial charge on any atom is -0.340 e. The van der Waals surface area contributed by atoms with Gasteiger partial charge in [-0.15, -0.1) is 0 Å². The zero-order valence-electron chi connectivity index (χ0n) is 21.6. The van der Waals surface area contributed by atoms with Gasteiger partial charge in [0.05, 0.1) is 12.4 Å². The van der Waals surface area contributed by atoms with Crippen molar-refractivity contribution in [2.75, 3.05) is 18.4 Å². The third-order valence-corrected chi connectivity index (χ3v) is 6.94. The molecule has 1 aliphatic carbocycles. The average molecular weight is 502 g/mol. The molecule has 0 bridgehead atoms. The molecule has 0 spiro atoms. The molecule has 36 heavy (non-hydrogen) atoms. The van der Waals surface area contributed by atoms with Crippen molar-refractivity contribution in [3.8, 4) is 0 Å². The van der Waals surface area contributed by atoms with E-state index in [1.807, 2.05) is 11.8 Å². The van der Waals surface area contributed by atoms with Gasteiger partial charge in [0, 0.05) is 31.4 Å². The maximum Gasteiger partial charge on any atom is 0.245 e. The maximum absolute atomic E-state index is 14.3. The van der Waals surface area contributed by atoms with Crippen molar-refractivity contribution in [1.82, 2.24) is 19.8 Å². The molecule has 196 valence electrons. The van der Waals surface area contributed by atoms with Crippen LogP contribution in [0.5, 0.6) is 0 Å². The van der Waals surface area contributed by atoms with Crippen LogP contribution in [0.2, 0.25) is 0 Å². The summed E-state index contributed by atoms with van der Waals surface area (Å²) in [5, 5.41) is 6.27. The molecule has 0 radical (unpaired) electrons. The third-order valence-electron chi connectivity index (χ3n) is 6.94. The summed E-state index contributed by atoms with van der Waals surface area (Å²) >= 11 is 0. The number of anilines is 1. The summed E-state index contributed by atoms with van der Waals surface area (Å²) in [6.45, 7) is 9.76. The molecular formula is C27H37F2N5O2. The lowest BCUT2D eigenvalue weighted by Crippen LogP contribution is -2.48. The van der Waals surface area contributed by atoms with Crippen LogP contribution in [0.4, 0.5) is 14.6 Å². The molecule has 1 saturated heterocycles. The summed E-state index contributed by atoms with van der Waals surface area (Å²) in [5.41, 5.74) is 1.26. The minimum atomic E-state index is -0.554. The molecule has 1 fully saturated rings. The van der Waals surface area contributed by atoms with Crippen molar-refractivity contribution in [3.05, 3.63) is 47.4 Å². The van der Waals surface area contributed by atoms with E-state index in [0.717, 1.165) is 12.5 Å². The van der Waals surface area contributed by atoms with Crippen LogP contribution in [-0.4, -0.2) is 51.4 Å². The molecular weight excluding hydrogens is 464 g/mol. The Balaban J connectivity index is 1.37. The Kier molecular flexibility index (Phi) is 7.78. The first-order valence-electron chi connectivity index (χ1n) is 12.9. The summed E-state index contributed by atoms with van der Waals surface area (Å²) in [5.74, 6) is -0.807. The lowest BCUT2D eigenvalue weighted by atomic mass is 9.87. The lowest BCUT2D eigenvalue weighted by Gasteiger charge is -2.29. The maximum atomic E-state index is 14.3. The van der Waals surface area contributed by atoms with Crippen molar-refractivity contribution in [1.29, 1.82) is 0 Å². The van der Waals surface area contributed by atoms with Crippen molar-refractivity contribution in [2.45, 2.75) is 84.3 Å². The standard InChI is InChI=1S/C27H37F2N5O2/c1-5-6-22(31-19-8-7-17-11-18(28)12-21(29)20(17)13-19)25(35)32-24-14-34(16-30-24)23-9-10-33(26(23)36)15-27(2,3)4/h11-12,14,16,19,22-23,31H,5-10,13,15H2,1-4H3,(H,32,35)/t19-,22-,23?/m0/s1. The van der Waals surface area contributed by atoms with Gasteiger partial charge in [-0.05, 0) is 54.7 Å². The van der Waals surface area contributed by atoms with E-state index < -0.39 is 17.7 Å². The fourth-order valence-electron chi connectivity index (χ4n) is 5.31. The first-order valence-corrected chi connectivity index (χ1v) is 12.9. The number of halogens is 2. The Morgan fingerprint density at radius 2 is 2.03 bits per heavy atom. The molecule has 9 heteroatoms. The molecule has 1 aliphatic heterocycles. The van der Waals surface area contributed by atoms with Crippen LogP contribution in [0.25, 0.3) is 0 Å². The molecule has 1 aromatic heterocycles. The Morgan fingerprint density at radius 1 is 1.25 bits per heavy atom. The van der Waals surface area contributed by atoms with Gasteiger partial charge in [0.2, 0.25) is 11.8 Å². The van der Waals surface area contributed by atoms with Crippen molar-refractivity contribution < 1.29 is 18.4 Å². The van der Waals surface area contributed by atoms with Gasteiger partial charge < -0.3 is 20.1 Å². The second-order valence-corrected chi connectivity index (χ2v) is 11.3. The number of hydrogen-bond acceptors (Lipinski definition) is 4. The van der Waals surface area contributed by atoms with Crippen molar-refractivity contribution >= 4 is 17.6 Å². The molecule has 0 saturated carbocycles. The topological polar surface area (TPSA) is 79.3 Å². The van der Waals surface area contributed by atoms with Gasteiger partial charge in [-0.25, -0.2) is 13.8 Å². The van der Waals surface area contributed by atoms with E-state index in [9.17, 15) is 18.4 Å². The average Bonchev–Trinajstić information content (AvgIpc) is 3.39. The highest BCUT2D eigenvalue weighted by molar-refractivity contribution is 5.94. The summed E-state index contributed by atoms with van der Waals surface area (Å²) in [6, 6.07) is 1.47. The number of nitrogens with one attached hydrogen (secondary N) is 2. The quantitative estimate of drug-likeness (QED) is 0.567. The van der Waals surface area contributed by atoms with Crippen LogP contribution in [0, 0.1) is 17.0 Å². The van der Waals surface area contributed by atoms with Gasteiger partial charge in [-0.1, -0.05) is 34.1 Å². The Bertz CT molecular complexity index is 1110. The van der Waals surface area contributed by atoms with Gasteiger partial charge in [-0.2, -0.15) is 0 Å². The highest BCUT2D eigenvalue weighted by Gasteiger charge is 2.35. The molecule has 3 atom stereocenters. The summed E-state index contributed by atoms with van der Waals surface area (Å²) in [4.78, 5) is 32.2. The van der Waals surface area contributed by atoms with E-state index in [1.165, 1.54) is 6.07 Å². The number of benzene rings is 1. The fourth-order valence-corrected chi connectivity index (χ4v) is 5.31. The van der Waals surface area contributed by atoms with Gasteiger partial charge in [0.25, 0.3) is 0 Å². The highest BCUT2D eigenvalue weighted by atomic mass is 19.1. The number of carbonyl (C=O) groups excluding carboxylic acids is 2. The van der Waals surface area contributed by atoms with Gasteiger partial charge in [0.1, 0.15) is 17.7 Å². The van der Waals surface area contributed by atoms with Crippen LogP contribution in [0.1, 0.15) is 70.5 Å². The summed E-state index contributed by atoms with van der Waals surface area (Å²) in [7, 11) is 0. The van der Waals surface area contributed by atoms with Crippen LogP contribution >= 0.6 is 0 Å².